The summed E-state index contributed by atoms with van der Waals surface area (Å²) in [7, 11) is 0. The van der Waals surface area contributed by atoms with Gasteiger partial charge in [-0.25, -0.2) is 9.37 Å². The third-order valence-corrected chi connectivity index (χ3v) is 4.81. The van der Waals surface area contributed by atoms with E-state index in [9.17, 15) is 4.39 Å². The van der Waals surface area contributed by atoms with Crippen LogP contribution in [0.1, 0.15) is 65.3 Å². The van der Waals surface area contributed by atoms with Crippen molar-refractivity contribution in [1.82, 2.24) is 10.3 Å². The van der Waals surface area contributed by atoms with Gasteiger partial charge in [0.2, 0.25) is 0 Å². The molecule has 1 aliphatic rings. The van der Waals surface area contributed by atoms with Gasteiger partial charge in [0.15, 0.2) is 0 Å². The van der Waals surface area contributed by atoms with Gasteiger partial charge in [-0.3, -0.25) is 0 Å². The van der Waals surface area contributed by atoms with Crippen molar-refractivity contribution in [2.75, 3.05) is 0 Å². The zero-order valence-corrected chi connectivity index (χ0v) is 14.5. The third-order valence-electron chi connectivity index (χ3n) is 4.81. The predicted molar refractivity (Wildman–Crippen MR) is 90.9 cm³/mol. The number of hydrogen-bond acceptors (Lipinski definition) is 2. The van der Waals surface area contributed by atoms with Gasteiger partial charge in [-0.15, -0.1) is 0 Å². The highest BCUT2D eigenvalue weighted by Gasteiger charge is 2.22. The van der Waals surface area contributed by atoms with Gasteiger partial charge in [0.25, 0.3) is 0 Å². The van der Waals surface area contributed by atoms with E-state index in [0.717, 1.165) is 25.0 Å². The van der Waals surface area contributed by atoms with Crippen molar-refractivity contribution in [3.05, 3.63) is 35.4 Å². The van der Waals surface area contributed by atoms with Crippen LogP contribution in [0.3, 0.4) is 0 Å². The summed E-state index contributed by atoms with van der Waals surface area (Å²) >= 11 is 0. The Morgan fingerprint density at radius 3 is 2.59 bits per heavy atom. The zero-order valence-electron chi connectivity index (χ0n) is 14.5. The van der Waals surface area contributed by atoms with Crippen LogP contribution >= 0.6 is 0 Å². The first-order chi connectivity index (χ1) is 10.3. The molecule has 0 saturated heterocycles. The lowest BCUT2D eigenvalue weighted by Crippen LogP contribution is -2.31. The molecule has 0 unspecified atom stereocenters. The second-order valence-electron chi connectivity index (χ2n) is 7.64. The fraction of sp³-hybridized carbons (Fsp3) is 0.632. The molecule has 1 N–H and O–H groups in total. The highest BCUT2D eigenvalue weighted by molar-refractivity contribution is 5.63. The number of halogens is 1. The van der Waals surface area contributed by atoms with E-state index in [-0.39, 0.29) is 5.82 Å². The predicted octanol–water partition coefficient (Wildman–Crippen LogP) is 4.95. The minimum Gasteiger partial charge on any atom is -0.308 e. The number of nitrogens with zero attached hydrogens (tertiary/aromatic N) is 1. The second-order valence-corrected chi connectivity index (χ2v) is 7.64. The van der Waals surface area contributed by atoms with Gasteiger partial charge in [-0.05, 0) is 55.2 Å². The summed E-state index contributed by atoms with van der Waals surface area (Å²) in [6, 6.07) is 3.72. The van der Waals surface area contributed by atoms with Crippen molar-refractivity contribution in [1.29, 1.82) is 0 Å². The van der Waals surface area contributed by atoms with E-state index < -0.39 is 0 Å². The Morgan fingerprint density at radius 1 is 1.27 bits per heavy atom. The van der Waals surface area contributed by atoms with Crippen LogP contribution in [0.25, 0.3) is 5.57 Å². The summed E-state index contributed by atoms with van der Waals surface area (Å²) in [4.78, 5) is 4.57. The highest BCUT2D eigenvalue weighted by Crippen LogP contribution is 2.37. The molecule has 0 radical (unpaired) electrons. The minimum atomic E-state index is -0.219. The summed E-state index contributed by atoms with van der Waals surface area (Å²) in [5, 5.41) is 3.36. The number of aromatic nitrogens is 1. The molecule has 1 atom stereocenters. The topological polar surface area (TPSA) is 24.9 Å². The first kappa shape index (κ1) is 17.1. The molecule has 0 spiro atoms. The fourth-order valence-electron chi connectivity index (χ4n) is 2.59. The van der Waals surface area contributed by atoms with Crippen molar-refractivity contribution in [3.8, 4) is 0 Å². The summed E-state index contributed by atoms with van der Waals surface area (Å²) in [6.45, 7) is 11.5. The number of rotatable bonds is 5. The fourth-order valence-corrected chi connectivity index (χ4v) is 2.59. The molecular weight excluding hydrogens is 275 g/mol. The Bertz CT molecular complexity index is 546. The first-order valence-corrected chi connectivity index (χ1v) is 8.37. The Balaban J connectivity index is 2.12. The van der Waals surface area contributed by atoms with E-state index >= 15 is 0 Å². The molecular formula is C19H29FN2. The molecule has 1 heterocycles. The second kappa shape index (κ2) is 6.91. The van der Waals surface area contributed by atoms with Gasteiger partial charge < -0.3 is 5.32 Å². The molecule has 3 heteroatoms. The van der Waals surface area contributed by atoms with Crippen LogP contribution in [0.4, 0.5) is 4.39 Å². The van der Waals surface area contributed by atoms with Crippen LogP contribution in [0.2, 0.25) is 0 Å². The van der Waals surface area contributed by atoms with Gasteiger partial charge >= 0.3 is 0 Å². The number of pyridine rings is 1. The van der Waals surface area contributed by atoms with E-state index in [1.807, 2.05) is 6.07 Å². The van der Waals surface area contributed by atoms with Gasteiger partial charge in [-0.1, -0.05) is 33.8 Å². The first-order valence-electron chi connectivity index (χ1n) is 8.37. The molecule has 0 fully saturated rings. The number of allylic oxidation sites excluding steroid dienone is 2. The van der Waals surface area contributed by atoms with Gasteiger partial charge in [-0.2, -0.15) is 0 Å². The normalized spacial score (nSPS) is 19.1. The van der Waals surface area contributed by atoms with Crippen LogP contribution in [0, 0.1) is 17.2 Å². The molecule has 0 amide bonds. The smallest absolute Gasteiger partial charge is 0.146 e. The van der Waals surface area contributed by atoms with E-state index in [0.29, 0.717) is 29.6 Å². The summed E-state index contributed by atoms with van der Waals surface area (Å²) in [5.41, 5.74) is 3.10. The Labute approximate surface area is 134 Å². The quantitative estimate of drug-likeness (QED) is 0.832. The molecule has 1 aromatic rings. The van der Waals surface area contributed by atoms with Crippen LogP contribution in [-0.4, -0.2) is 11.0 Å². The Kier molecular flexibility index (Phi) is 5.38. The third kappa shape index (κ3) is 4.39. The van der Waals surface area contributed by atoms with E-state index in [1.54, 1.807) is 6.07 Å². The van der Waals surface area contributed by atoms with Crippen molar-refractivity contribution >= 4 is 5.57 Å². The maximum Gasteiger partial charge on any atom is 0.146 e. The van der Waals surface area contributed by atoms with Crippen LogP contribution < -0.4 is 5.32 Å². The lowest BCUT2D eigenvalue weighted by molar-refractivity contribution is 0.334. The van der Waals surface area contributed by atoms with E-state index in [4.69, 9.17) is 0 Å². The largest absolute Gasteiger partial charge is 0.308 e. The van der Waals surface area contributed by atoms with Crippen molar-refractivity contribution < 1.29 is 4.39 Å². The minimum absolute atomic E-state index is 0.219. The number of nitrogens with one attached hydrogen (secondary N) is 1. The maximum absolute atomic E-state index is 14.0. The van der Waals surface area contributed by atoms with E-state index in [1.165, 1.54) is 5.57 Å². The van der Waals surface area contributed by atoms with Gasteiger partial charge in [0, 0.05) is 12.6 Å². The average molecular weight is 304 g/mol. The lowest BCUT2D eigenvalue weighted by Gasteiger charge is -2.28. The zero-order chi connectivity index (χ0) is 16.3. The van der Waals surface area contributed by atoms with Crippen molar-refractivity contribution in [2.45, 2.75) is 66.5 Å². The number of hydrogen-bond donors (Lipinski definition) is 1. The summed E-state index contributed by atoms with van der Waals surface area (Å²) in [5.74, 6) is 0.304. The summed E-state index contributed by atoms with van der Waals surface area (Å²) in [6.07, 6.45) is 5.54. The molecule has 22 heavy (non-hydrogen) atoms. The molecule has 2 nitrogen and oxygen atoms in total. The summed E-state index contributed by atoms with van der Waals surface area (Å²) < 4.78 is 14.0. The van der Waals surface area contributed by atoms with Crippen molar-refractivity contribution in [2.24, 2.45) is 11.3 Å². The molecule has 0 saturated carbocycles. The van der Waals surface area contributed by atoms with Crippen LogP contribution in [-0.2, 0) is 6.54 Å². The van der Waals surface area contributed by atoms with Gasteiger partial charge in [0.05, 0.1) is 11.4 Å². The maximum atomic E-state index is 14.0. The molecule has 0 aromatic carbocycles. The van der Waals surface area contributed by atoms with Crippen molar-refractivity contribution in [3.63, 3.8) is 0 Å². The Morgan fingerprint density at radius 2 is 2.00 bits per heavy atom. The molecule has 122 valence electrons. The van der Waals surface area contributed by atoms with Gasteiger partial charge in [0.1, 0.15) is 5.82 Å². The SMILES string of the molecule is CC(C)[C@@H](C)NCc1nc(C2=CCC(C)(C)CC2)ccc1F. The van der Waals surface area contributed by atoms with Crippen LogP contribution in [0.15, 0.2) is 18.2 Å². The highest BCUT2D eigenvalue weighted by atomic mass is 19.1. The average Bonchev–Trinajstić information content (AvgIpc) is 2.46. The Hall–Kier alpha value is -1.22. The monoisotopic (exact) mass is 304 g/mol. The lowest BCUT2D eigenvalue weighted by atomic mass is 9.78. The standard InChI is InChI=1S/C19H29FN2/c1-13(2)14(3)21-12-18-16(20)6-7-17(22-18)15-8-10-19(4,5)11-9-15/h6-8,13-14,21H,9-12H2,1-5H3/t14-/m1/s1. The molecule has 1 aliphatic carbocycles. The molecule has 1 aromatic heterocycles. The molecule has 0 bridgehead atoms. The van der Waals surface area contributed by atoms with E-state index in [2.05, 4.69) is 51.0 Å². The molecule has 0 aliphatic heterocycles. The molecule has 2 rings (SSSR count). The van der Waals surface area contributed by atoms with Crippen LogP contribution in [0.5, 0.6) is 0 Å².